The van der Waals surface area contributed by atoms with Crippen LogP contribution in [0.15, 0.2) is 22.8 Å². The van der Waals surface area contributed by atoms with E-state index in [9.17, 15) is 9.59 Å². The zero-order valence-corrected chi connectivity index (χ0v) is 11.7. The molecule has 1 aliphatic rings. The van der Waals surface area contributed by atoms with Crippen molar-refractivity contribution >= 4 is 11.8 Å². The van der Waals surface area contributed by atoms with Crippen molar-refractivity contribution in [1.82, 2.24) is 10.6 Å². The second-order valence-electron chi connectivity index (χ2n) is 5.26. The van der Waals surface area contributed by atoms with E-state index in [0.717, 1.165) is 12.8 Å². The topological polar surface area (TPSA) is 71.3 Å². The molecule has 0 unspecified atom stereocenters. The number of carbonyl (C=O) groups is 2. The first-order valence-electron chi connectivity index (χ1n) is 7.32. The van der Waals surface area contributed by atoms with Crippen LogP contribution in [0.3, 0.4) is 0 Å². The number of hydrogen-bond acceptors (Lipinski definition) is 3. The summed E-state index contributed by atoms with van der Waals surface area (Å²) >= 11 is 0. The number of carbonyl (C=O) groups excluding carboxylic acids is 2. The summed E-state index contributed by atoms with van der Waals surface area (Å²) in [5, 5.41) is 5.74. The Morgan fingerprint density at radius 1 is 1.15 bits per heavy atom. The van der Waals surface area contributed by atoms with Crippen LogP contribution in [0.4, 0.5) is 0 Å². The van der Waals surface area contributed by atoms with Gasteiger partial charge in [-0.25, -0.2) is 0 Å². The van der Waals surface area contributed by atoms with Gasteiger partial charge in [0.2, 0.25) is 11.8 Å². The number of rotatable bonds is 6. The molecular formula is C15H22N2O3. The first-order chi connectivity index (χ1) is 9.74. The van der Waals surface area contributed by atoms with E-state index in [2.05, 4.69) is 10.6 Å². The first kappa shape index (κ1) is 14.6. The van der Waals surface area contributed by atoms with Crippen LogP contribution < -0.4 is 10.6 Å². The molecule has 20 heavy (non-hydrogen) atoms. The van der Waals surface area contributed by atoms with E-state index in [1.54, 1.807) is 18.4 Å². The van der Waals surface area contributed by atoms with E-state index in [1.807, 2.05) is 0 Å². The van der Waals surface area contributed by atoms with Gasteiger partial charge in [0.15, 0.2) is 0 Å². The standard InChI is InChI=1S/C15H22N2O3/c18-14(16-11-13-7-4-10-20-13)8-9-15(19)17-12-5-2-1-3-6-12/h4,7,10,12H,1-3,5-6,8-9,11H2,(H,16,18)(H,17,19). The maximum atomic E-state index is 11.7. The molecular weight excluding hydrogens is 256 g/mol. The minimum atomic E-state index is -0.125. The summed E-state index contributed by atoms with van der Waals surface area (Å²) < 4.78 is 5.12. The second-order valence-corrected chi connectivity index (χ2v) is 5.26. The molecule has 0 spiro atoms. The van der Waals surface area contributed by atoms with E-state index < -0.39 is 0 Å². The zero-order chi connectivity index (χ0) is 14.2. The second kappa shape index (κ2) is 7.72. The Morgan fingerprint density at radius 2 is 1.90 bits per heavy atom. The van der Waals surface area contributed by atoms with Gasteiger partial charge in [0.25, 0.3) is 0 Å². The van der Waals surface area contributed by atoms with Crippen molar-refractivity contribution < 1.29 is 14.0 Å². The van der Waals surface area contributed by atoms with Crippen LogP contribution in [0.5, 0.6) is 0 Å². The largest absolute Gasteiger partial charge is 0.467 e. The van der Waals surface area contributed by atoms with Crippen LogP contribution in [0.2, 0.25) is 0 Å². The molecule has 1 fully saturated rings. The smallest absolute Gasteiger partial charge is 0.220 e. The highest BCUT2D eigenvalue weighted by atomic mass is 16.3. The van der Waals surface area contributed by atoms with Crippen molar-refractivity contribution in [2.24, 2.45) is 0 Å². The molecule has 2 rings (SSSR count). The molecule has 1 heterocycles. The molecule has 0 aliphatic heterocycles. The molecule has 2 amide bonds. The van der Waals surface area contributed by atoms with Gasteiger partial charge < -0.3 is 15.1 Å². The van der Waals surface area contributed by atoms with Crippen LogP contribution in [0.25, 0.3) is 0 Å². The molecule has 0 aromatic carbocycles. The average molecular weight is 278 g/mol. The monoisotopic (exact) mass is 278 g/mol. The fourth-order valence-electron chi connectivity index (χ4n) is 2.46. The highest BCUT2D eigenvalue weighted by molar-refractivity contribution is 5.83. The van der Waals surface area contributed by atoms with Gasteiger partial charge in [-0.3, -0.25) is 9.59 Å². The first-order valence-corrected chi connectivity index (χ1v) is 7.32. The Morgan fingerprint density at radius 3 is 2.60 bits per heavy atom. The number of nitrogens with one attached hydrogen (secondary N) is 2. The summed E-state index contributed by atoms with van der Waals surface area (Å²) in [4.78, 5) is 23.3. The van der Waals surface area contributed by atoms with Gasteiger partial charge in [0.1, 0.15) is 5.76 Å². The van der Waals surface area contributed by atoms with Crippen molar-refractivity contribution in [3.05, 3.63) is 24.2 Å². The molecule has 1 aliphatic carbocycles. The van der Waals surface area contributed by atoms with Crippen LogP contribution in [-0.2, 0) is 16.1 Å². The molecule has 1 aromatic rings. The van der Waals surface area contributed by atoms with E-state index >= 15 is 0 Å². The van der Waals surface area contributed by atoms with Crippen molar-refractivity contribution in [2.75, 3.05) is 0 Å². The summed E-state index contributed by atoms with van der Waals surface area (Å²) in [6, 6.07) is 3.89. The van der Waals surface area contributed by atoms with Crippen molar-refractivity contribution in [3.63, 3.8) is 0 Å². The van der Waals surface area contributed by atoms with E-state index in [4.69, 9.17) is 4.42 Å². The van der Waals surface area contributed by atoms with Crippen molar-refractivity contribution in [1.29, 1.82) is 0 Å². The summed E-state index contributed by atoms with van der Waals surface area (Å²) in [5.41, 5.74) is 0. The maximum absolute atomic E-state index is 11.7. The highest BCUT2D eigenvalue weighted by Crippen LogP contribution is 2.17. The van der Waals surface area contributed by atoms with Gasteiger partial charge in [0.05, 0.1) is 12.8 Å². The van der Waals surface area contributed by atoms with Crippen molar-refractivity contribution in [3.8, 4) is 0 Å². The lowest BCUT2D eigenvalue weighted by Crippen LogP contribution is -2.36. The molecule has 0 saturated heterocycles. The Bertz CT molecular complexity index is 422. The van der Waals surface area contributed by atoms with Gasteiger partial charge in [-0.2, -0.15) is 0 Å². The van der Waals surface area contributed by atoms with E-state index in [1.165, 1.54) is 19.3 Å². The van der Waals surface area contributed by atoms with Crippen LogP contribution in [-0.4, -0.2) is 17.9 Å². The number of hydrogen-bond donors (Lipinski definition) is 2. The minimum absolute atomic E-state index is 0.0231. The third-order valence-corrected chi connectivity index (χ3v) is 3.59. The Labute approximate surface area is 119 Å². The SMILES string of the molecule is O=C(CCC(=O)NC1CCCCC1)NCc1ccco1. The molecule has 1 aromatic heterocycles. The van der Waals surface area contributed by atoms with Crippen LogP contribution in [0.1, 0.15) is 50.7 Å². The molecule has 1 saturated carbocycles. The number of furan rings is 1. The molecule has 0 atom stereocenters. The lowest BCUT2D eigenvalue weighted by atomic mass is 9.95. The van der Waals surface area contributed by atoms with Gasteiger partial charge >= 0.3 is 0 Å². The van der Waals surface area contributed by atoms with E-state index in [0.29, 0.717) is 18.3 Å². The fourth-order valence-corrected chi connectivity index (χ4v) is 2.46. The zero-order valence-electron chi connectivity index (χ0n) is 11.7. The molecule has 0 bridgehead atoms. The Hall–Kier alpha value is -1.78. The van der Waals surface area contributed by atoms with Gasteiger partial charge in [-0.15, -0.1) is 0 Å². The number of amides is 2. The predicted molar refractivity (Wildman–Crippen MR) is 74.8 cm³/mol. The molecule has 110 valence electrons. The lowest BCUT2D eigenvalue weighted by molar-refractivity contribution is -0.127. The highest BCUT2D eigenvalue weighted by Gasteiger charge is 2.16. The minimum Gasteiger partial charge on any atom is -0.467 e. The summed E-state index contributed by atoms with van der Waals surface area (Å²) in [7, 11) is 0. The third-order valence-electron chi connectivity index (χ3n) is 3.59. The van der Waals surface area contributed by atoms with E-state index in [-0.39, 0.29) is 24.7 Å². The van der Waals surface area contributed by atoms with Gasteiger partial charge in [-0.1, -0.05) is 19.3 Å². The fraction of sp³-hybridized carbons (Fsp3) is 0.600. The van der Waals surface area contributed by atoms with Crippen molar-refractivity contribution in [2.45, 2.75) is 57.5 Å². The molecule has 0 radical (unpaired) electrons. The quantitative estimate of drug-likeness (QED) is 0.837. The summed E-state index contributed by atoms with van der Waals surface area (Å²) in [6.45, 7) is 0.371. The average Bonchev–Trinajstić information content (AvgIpc) is 2.97. The lowest BCUT2D eigenvalue weighted by Gasteiger charge is -2.22. The Kier molecular flexibility index (Phi) is 5.65. The van der Waals surface area contributed by atoms with Gasteiger partial charge in [0, 0.05) is 18.9 Å². The normalized spacial score (nSPS) is 15.8. The maximum Gasteiger partial charge on any atom is 0.220 e. The van der Waals surface area contributed by atoms with Crippen LogP contribution in [0, 0.1) is 0 Å². The predicted octanol–water partition coefficient (Wildman–Crippen LogP) is 2.12. The third kappa shape index (κ3) is 5.07. The summed E-state index contributed by atoms with van der Waals surface area (Å²) in [5.74, 6) is 0.565. The molecule has 5 nitrogen and oxygen atoms in total. The Balaban J connectivity index is 1.58. The van der Waals surface area contributed by atoms with Crippen LogP contribution >= 0.6 is 0 Å². The molecule has 2 N–H and O–H groups in total. The van der Waals surface area contributed by atoms with Gasteiger partial charge in [-0.05, 0) is 25.0 Å². The molecule has 5 heteroatoms. The summed E-state index contributed by atoms with van der Waals surface area (Å²) in [6.07, 6.45) is 7.82.